The molecule has 2 heteroatoms. The second kappa shape index (κ2) is 3.99. The van der Waals surface area contributed by atoms with Gasteiger partial charge in [0, 0.05) is 0 Å². The predicted octanol–water partition coefficient (Wildman–Crippen LogP) is 2.32. The summed E-state index contributed by atoms with van der Waals surface area (Å²) in [6, 6.07) is 20.1. The molecule has 0 amide bonds. The molecular formula is C15H14O2. The van der Waals surface area contributed by atoms with E-state index in [1.807, 2.05) is 60.7 Å². The fraction of sp³-hybridized carbons (Fsp3) is 0.200. The van der Waals surface area contributed by atoms with Gasteiger partial charge in [-0.15, -0.1) is 0 Å². The molecule has 1 N–H and O–H groups in total. The molecule has 0 aromatic heterocycles. The van der Waals surface area contributed by atoms with Crippen LogP contribution in [0.1, 0.15) is 11.1 Å². The van der Waals surface area contributed by atoms with Crippen LogP contribution in [-0.2, 0) is 10.3 Å². The summed E-state index contributed by atoms with van der Waals surface area (Å²) < 4.78 is 5.78. The molecule has 2 nitrogen and oxygen atoms in total. The van der Waals surface area contributed by atoms with Crippen LogP contribution in [0.15, 0.2) is 60.7 Å². The minimum absolute atomic E-state index is 0.0454. The highest BCUT2D eigenvalue weighted by Gasteiger charge is 2.58. The highest BCUT2D eigenvalue weighted by molar-refractivity contribution is 5.42. The van der Waals surface area contributed by atoms with Crippen LogP contribution < -0.4 is 0 Å². The first kappa shape index (κ1) is 10.5. The summed E-state index contributed by atoms with van der Waals surface area (Å²) in [7, 11) is 0. The first-order valence-electron chi connectivity index (χ1n) is 5.77. The highest BCUT2D eigenvalue weighted by Crippen LogP contribution is 2.51. The number of ether oxygens (including phenoxy) is 1. The van der Waals surface area contributed by atoms with Gasteiger partial charge < -0.3 is 9.84 Å². The van der Waals surface area contributed by atoms with Crippen molar-refractivity contribution in [3.05, 3.63) is 71.8 Å². The van der Waals surface area contributed by atoms with Crippen molar-refractivity contribution < 1.29 is 9.84 Å². The van der Waals surface area contributed by atoms with Gasteiger partial charge in [-0.2, -0.15) is 0 Å². The smallest absolute Gasteiger partial charge is 0.147 e. The molecule has 1 fully saturated rings. The van der Waals surface area contributed by atoms with Gasteiger partial charge >= 0.3 is 0 Å². The first-order chi connectivity index (χ1) is 8.38. The average Bonchev–Trinajstić information content (AvgIpc) is 3.17. The third-order valence-electron chi connectivity index (χ3n) is 3.30. The van der Waals surface area contributed by atoms with Crippen LogP contribution in [0.3, 0.4) is 0 Å². The van der Waals surface area contributed by atoms with E-state index in [9.17, 15) is 5.11 Å². The molecule has 0 unspecified atom stereocenters. The van der Waals surface area contributed by atoms with E-state index >= 15 is 0 Å². The van der Waals surface area contributed by atoms with E-state index in [4.69, 9.17) is 4.74 Å². The van der Waals surface area contributed by atoms with E-state index in [1.165, 1.54) is 0 Å². The van der Waals surface area contributed by atoms with Crippen molar-refractivity contribution in [3.8, 4) is 0 Å². The fourth-order valence-electron chi connectivity index (χ4n) is 2.40. The van der Waals surface area contributed by atoms with Crippen LogP contribution in [0.25, 0.3) is 0 Å². The molecule has 1 aliphatic rings. The van der Waals surface area contributed by atoms with Gasteiger partial charge in [-0.05, 0) is 11.1 Å². The van der Waals surface area contributed by atoms with Gasteiger partial charge in [-0.1, -0.05) is 60.7 Å². The van der Waals surface area contributed by atoms with E-state index in [-0.39, 0.29) is 12.7 Å². The Bertz CT molecular complexity index is 453. The van der Waals surface area contributed by atoms with Gasteiger partial charge in [0.25, 0.3) is 0 Å². The van der Waals surface area contributed by atoms with Gasteiger partial charge in [0.15, 0.2) is 0 Å². The minimum Gasteiger partial charge on any atom is -0.394 e. The molecular weight excluding hydrogens is 212 g/mol. The maximum atomic E-state index is 9.34. The Labute approximate surface area is 100 Å². The number of aliphatic hydroxyl groups is 1. The maximum Gasteiger partial charge on any atom is 0.147 e. The Balaban J connectivity index is 2.08. The topological polar surface area (TPSA) is 32.8 Å². The predicted molar refractivity (Wildman–Crippen MR) is 65.6 cm³/mol. The second-order valence-corrected chi connectivity index (χ2v) is 4.26. The Kier molecular flexibility index (Phi) is 2.46. The van der Waals surface area contributed by atoms with Gasteiger partial charge in [-0.25, -0.2) is 0 Å². The zero-order chi connectivity index (χ0) is 11.7. The summed E-state index contributed by atoms with van der Waals surface area (Å²) in [6.45, 7) is 0.0454. The Morgan fingerprint density at radius 3 is 1.71 bits per heavy atom. The molecule has 1 aliphatic heterocycles. The lowest BCUT2D eigenvalue weighted by Gasteiger charge is -2.13. The Hall–Kier alpha value is -1.64. The van der Waals surface area contributed by atoms with Gasteiger partial charge in [-0.3, -0.25) is 0 Å². The van der Waals surface area contributed by atoms with Crippen LogP contribution in [0.2, 0.25) is 0 Å². The van der Waals surface area contributed by atoms with E-state index in [0.29, 0.717) is 0 Å². The molecule has 2 aromatic carbocycles. The monoisotopic (exact) mass is 226 g/mol. The van der Waals surface area contributed by atoms with Crippen molar-refractivity contribution in [2.24, 2.45) is 0 Å². The van der Waals surface area contributed by atoms with Crippen molar-refractivity contribution in [3.63, 3.8) is 0 Å². The van der Waals surface area contributed by atoms with Crippen molar-refractivity contribution in [1.29, 1.82) is 0 Å². The molecule has 1 saturated heterocycles. The first-order valence-corrected chi connectivity index (χ1v) is 5.77. The second-order valence-electron chi connectivity index (χ2n) is 4.26. The lowest BCUT2D eigenvalue weighted by molar-refractivity contribution is 0.238. The van der Waals surface area contributed by atoms with Crippen LogP contribution in [0.4, 0.5) is 0 Å². The Morgan fingerprint density at radius 1 is 0.882 bits per heavy atom. The van der Waals surface area contributed by atoms with Crippen molar-refractivity contribution in [1.82, 2.24) is 0 Å². The average molecular weight is 226 g/mol. The number of hydrogen-bond acceptors (Lipinski definition) is 2. The lowest BCUT2D eigenvalue weighted by atomic mass is 9.88. The molecule has 2 aromatic rings. The SMILES string of the molecule is OC[C@@H]1OC1(c1ccccc1)c1ccccc1. The number of benzene rings is 2. The standard InChI is InChI=1S/C15H14O2/c16-11-14-15(17-14,12-7-3-1-4-8-12)13-9-5-2-6-10-13/h1-10,14,16H,11H2/t14-/m0/s1. The number of hydrogen-bond donors (Lipinski definition) is 1. The summed E-state index contributed by atoms with van der Waals surface area (Å²) in [5, 5.41) is 9.34. The summed E-state index contributed by atoms with van der Waals surface area (Å²) in [5.41, 5.74) is 1.76. The van der Waals surface area contributed by atoms with Gasteiger partial charge in [0.2, 0.25) is 0 Å². The molecule has 0 bridgehead atoms. The number of epoxide rings is 1. The summed E-state index contributed by atoms with van der Waals surface area (Å²) in [6.07, 6.45) is -0.132. The van der Waals surface area contributed by atoms with Crippen LogP contribution in [0, 0.1) is 0 Å². The van der Waals surface area contributed by atoms with Crippen LogP contribution in [0.5, 0.6) is 0 Å². The molecule has 0 spiro atoms. The molecule has 0 radical (unpaired) electrons. The largest absolute Gasteiger partial charge is 0.394 e. The zero-order valence-electron chi connectivity index (χ0n) is 9.41. The van der Waals surface area contributed by atoms with E-state index in [0.717, 1.165) is 11.1 Å². The fourth-order valence-corrected chi connectivity index (χ4v) is 2.40. The third-order valence-corrected chi connectivity index (χ3v) is 3.30. The number of rotatable bonds is 3. The molecule has 1 atom stereocenters. The van der Waals surface area contributed by atoms with Crippen molar-refractivity contribution in [2.45, 2.75) is 11.7 Å². The molecule has 86 valence electrons. The molecule has 0 aliphatic carbocycles. The molecule has 0 saturated carbocycles. The summed E-state index contributed by atoms with van der Waals surface area (Å²) >= 11 is 0. The molecule has 3 rings (SSSR count). The number of aliphatic hydroxyl groups excluding tert-OH is 1. The lowest BCUT2D eigenvalue weighted by Crippen LogP contribution is -2.16. The van der Waals surface area contributed by atoms with E-state index < -0.39 is 5.60 Å². The quantitative estimate of drug-likeness (QED) is 0.815. The van der Waals surface area contributed by atoms with Gasteiger partial charge in [0.05, 0.1) is 6.61 Å². The minimum atomic E-state index is -0.447. The third kappa shape index (κ3) is 1.57. The van der Waals surface area contributed by atoms with Crippen LogP contribution in [-0.4, -0.2) is 17.8 Å². The van der Waals surface area contributed by atoms with Crippen LogP contribution >= 0.6 is 0 Å². The molecule has 17 heavy (non-hydrogen) atoms. The van der Waals surface area contributed by atoms with E-state index in [1.54, 1.807) is 0 Å². The van der Waals surface area contributed by atoms with Crippen molar-refractivity contribution >= 4 is 0 Å². The summed E-state index contributed by atoms with van der Waals surface area (Å²) in [5.74, 6) is 0. The van der Waals surface area contributed by atoms with Crippen molar-refractivity contribution in [2.75, 3.05) is 6.61 Å². The van der Waals surface area contributed by atoms with E-state index in [2.05, 4.69) is 0 Å². The Morgan fingerprint density at radius 2 is 1.35 bits per heavy atom. The zero-order valence-corrected chi connectivity index (χ0v) is 9.41. The normalized spacial score (nSPS) is 21.1. The highest BCUT2D eigenvalue weighted by atomic mass is 16.6. The molecule has 1 heterocycles. The van der Waals surface area contributed by atoms with Gasteiger partial charge in [0.1, 0.15) is 11.7 Å². The maximum absolute atomic E-state index is 9.34. The summed E-state index contributed by atoms with van der Waals surface area (Å²) in [4.78, 5) is 0.